The molecule has 0 spiro atoms. The number of morpholine rings is 1. The van der Waals surface area contributed by atoms with Crippen LogP contribution in [0.4, 0.5) is 17.5 Å². The molecule has 0 saturated carbocycles. The van der Waals surface area contributed by atoms with Crippen molar-refractivity contribution in [2.24, 2.45) is 5.41 Å². The number of benzene rings is 1. The highest BCUT2D eigenvalue weighted by atomic mass is 16.5. The summed E-state index contributed by atoms with van der Waals surface area (Å²) in [6, 6.07) is 9.62. The number of nitrogens with zero attached hydrogens (tertiary/aromatic N) is 6. The maximum atomic E-state index is 12.0. The number of carbonyl (C=O) groups is 1. The van der Waals surface area contributed by atoms with E-state index < -0.39 is 5.97 Å². The zero-order valence-electron chi connectivity index (χ0n) is 26.5. The largest absolute Gasteiger partial charge is 0.481 e. The smallest absolute Gasteiger partial charge is 0.307 e. The lowest BCUT2D eigenvalue weighted by Crippen LogP contribution is -2.46. The summed E-state index contributed by atoms with van der Waals surface area (Å²) in [7, 11) is 0. The number of carboxylic acids is 1. The summed E-state index contributed by atoms with van der Waals surface area (Å²) in [6.45, 7) is 13.7. The van der Waals surface area contributed by atoms with Crippen LogP contribution in [0.1, 0.15) is 67.6 Å². The Bertz CT molecular complexity index is 1560. The molecule has 6 heterocycles. The summed E-state index contributed by atoms with van der Waals surface area (Å²) in [4.78, 5) is 33.8. The Labute approximate surface area is 260 Å². The first-order valence-corrected chi connectivity index (χ1v) is 16.2. The van der Waals surface area contributed by atoms with Crippen molar-refractivity contribution in [3.63, 3.8) is 0 Å². The number of pyridine rings is 1. The second kappa shape index (κ2) is 11.3. The van der Waals surface area contributed by atoms with Crippen LogP contribution in [0.5, 0.6) is 0 Å². The summed E-state index contributed by atoms with van der Waals surface area (Å²) >= 11 is 0. The first kappa shape index (κ1) is 29.0. The molecule has 0 amide bonds. The first-order chi connectivity index (χ1) is 21.2. The Balaban J connectivity index is 1.19. The number of aromatic nitrogens is 3. The predicted molar refractivity (Wildman–Crippen MR) is 173 cm³/mol. The van der Waals surface area contributed by atoms with E-state index in [1.165, 1.54) is 11.1 Å². The highest BCUT2D eigenvalue weighted by Crippen LogP contribution is 2.42. The lowest BCUT2D eigenvalue weighted by atomic mass is 9.82. The molecule has 7 rings (SSSR count). The van der Waals surface area contributed by atoms with E-state index in [0.29, 0.717) is 17.5 Å². The molecule has 4 aliphatic heterocycles. The summed E-state index contributed by atoms with van der Waals surface area (Å²) in [5.74, 6) is 0.983. The molecular weight excluding hydrogens is 552 g/mol. The van der Waals surface area contributed by atoms with E-state index >= 15 is 0 Å². The van der Waals surface area contributed by atoms with Crippen LogP contribution in [-0.2, 0) is 28.9 Å². The van der Waals surface area contributed by atoms with Crippen molar-refractivity contribution < 1.29 is 14.6 Å². The zero-order chi connectivity index (χ0) is 30.6. The number of fused-ring (bicyclic) bond motifs is 3. The van der Waals surface area contributed by atoms with Crippen LogP contribution in [0.25, 0.3) is 11.1 Å². The number of hydrogen-bond acceptors (Lipinski definition) is 8. The highest BCUT2D eigenvalue weighted by Gasteiger charge is 2.38. The third kappa shape index (κ3) is 5.40. The van der Waals surface area contributed by atoms with Crippen LogP contribution < -0.4 is 14.7 Å². The molecule has 2 unspecified atom stereocenters. The molecule has 232 valence electrons. The SMILES string of the molecule is Cc1nc(C)c(-c2ccc3c(c2)CCN(c2nccc(N4C5CCC4COC5)n2)C3)c(N2CCC(C)(C)CC2)c1CC(=O)O. The maximum absolute atomic E-state index is 12.0. The van der Waals surface area contributed by atoms with E-state index in [4.69, 9.17) is 14.7 Å². The van der Waals surface area contributed by atoms with Gasteiger partial charge in [-0.25, -0.2) is 4.98 Å². The van der Waals surface area contributed by atoms with Crippen molar-refractivity contribution >= 4 is 23.4 Å². The van der Waals surface area contributed by atoms with Crippen molar-refractivity contribution in [3.8, 4) is 11.1 Å². The van der Waals surface area contributed by atoms with E-state index in [0.717, 1.165) is 117 Å². The van der Waals surface area contributed by atoms with Gasteiger partial charge in [0, 0.05) is 54.9 Å². The quantitative estimate of drug-likeness (QED) is 0.405. The summed E-state index contributed by atoms with van der Waals surface area (Å²) < 4.78 is 5.79. The van der Waals surface area contributed by atoms with Gasteiger partial charge in [0.2, 0.25) is 5.95 Å². The average Bonchev–Trinajstić information content (AvgIpc) is 3.25. The van der Waals surface area contributed by atoms with Gasteiger partial charge < -0.3 is 24.5 Å². The van der Waals surface area contributed by atoms with Crippen molar-refractivity contribution in [3.05, 3.63) is 58.5 Å². The molecule has 0 aliphatic carbocycles. The van der Waals surface area contributed by atoms with Crippen LogP contribution in [0.2, 0.25) is 0 Å². The van der Waals surface area contributed by atoms with E-state index in [2.05, 4.69) is 58.7 Å². The first-order valence-electron chi connectivity index (χ1n) is 16.2. The van der Waals surface area contributed by atoms with E-state index in [1.54, 1.807) is 0 Å². The Hall–Kier alpha value is -3.72. The molecule has 0 radical (unpaired) electrons. The number of carboxylic acid groups (broad SMARTS) is 1. The molecule has 1 aromatic carbocycles. The molecule has 1 N–H and O–H groups in total. The summed E-state index contributed by atoms with van der Waals surface area (Å²) in [5.41, 5.74) is 8.77. The fourth-order valence-corrected chi connectivity index (χ4v) is 7.78. The minimum atomic E-state index is -0.818. The molecule has 9 nitrogen and oxygen atoms in total. The number of aryl methyl sites for hydroxylation is 2. The maximum Gasteiger partial charge on any atom is 0.307 e. The number of ether oxygens (including phenoxy) is 1. The number of hydrogen-bond donors (Lipinski definition) is 1. The van der Waals surface area contributed by atoms with Crippen LogP contribution >= 0.6 is 0 Å². The topological polar surface area (TPSA) is 94.9 Å². The third-order valence-electron chi connectivity index (χ3n) is 10.3. The van der Waals surface area contributed by atoms with Gasteiger partial charge in [0.05, 0.1) is 37.4 Å². The monoisotopic (exact) mass is 596 g/mol. The lowest BCUT2D eigenvalue weighted by molar-refractivity contribution is -0.136. The van der Waals surface area contributed by atoms with Gasteiger partial charge in [-0.3, -0.25) is 9.78 Å². The molecular formula is C35H44N6O3. The van der Waals surface area contributed by atoms with Gasteiger partial charge in [0.15, 0.2) is 0 Å². The molecule has 2 bridgehead atoms. The highest BCUT2D eigenvalue weighted by molar-refractivity contribution is 5.86. The van der Waals surface area contributed by atoms with Crippen LogP contribution in [0.15, 0.2) is 30.5 Å². The summed E-state index contributed by atoms with van der Waals surface area (Å²) in [5, 5.41) is 9.86. The van der Waals surface area contributed by atoms with Crippen LogP contribution in [0.3, 0.4) is 0 Å². The van der Waals surface area contributed by atoms with Crippen molar-refractivity contribution in [2.45, 2.75) is 84.8 Å². The molecule has 3 fully saturated rings. The molecule has 2 aromatic heterocycles. The fraction of sp³-hybridized carbons (Fsp3) is 0.543. The Morgan fingerprint density at radius 1 is 0.977 bits per heavy atom. The average molecular weight is 597 g/mol. The van der Waals surface area contributed by atoms with Gasteiger partial charge in [-0.2, -0.15) is 4.98 Å². The normalized spacial score (nSPS) is 22.7. The van der Waals surface area contributed by atoms with Crippen LogP contribution in [-0.4, -0.2) is 71.0 Å². The second-order valence-electron chi connectivity index (χ2n) is 13.9. The molecule has 9 heteroatoms. The van der Waals surface area contributed by atoms with Crippen molar-refractivity contribution in [1.82, 2.24) is 15.0 Å². The van der Waals surface area contributed by atoms with Crippen molar-refractivity contribution in [1.29, 1.82) is 0 Å². The van der Waals surface area contributed by atoms with E-state index in [9.17, 15) is 9.90 Å². The number of anilines is 3. The minimum Gasteiger partial charge on any atom is -0.481 e. The van der Waals surface area contributed by atoms with Gasteiger partial charge in [0.25, 0.3) is 0 Å². The zero-order valence-corrected chi connectivity index (χ0v) is 26.5. The van der Waals surface area contributed by atoms with Gasteiger partial charge >= 0.3 is 5.97 Å². The molecule has 3 aromatic rings. The van der Waals surface area contributed by atoms with Gasteiger partial charge in [-0.1, -0.05) is 32.0 Å². The standard InChI is InChI=1S/C35H44N6O3/c1-22-29(18-31(42)43)33(39-15-11-35(3,4)12-16-39)32(23(2)37-22)25-5-6-26-19-40(14-10-24(26)17-25)34-36-13-9-30(38-34)41-27-7-8-28(41)21-44-20-27/h5-6,9,13,17,27-28H,7-8,10-12,14-16,18-21H2,1-4H3,(H,42,43). The Morgan fingerprint density at radius 2 is 1.73 bits per heavy atom. The number of rotatable bonds is 6. The Kier molecular flexibility index (Phi) is 7.47. The van der Waals surface area contributed by atoms with Gasteiger partial charge in [-0.15, -0.1) is 0 Å². The lowest BCUT2D eigenvalue weighted by Gasteiger charge is -2.40. The van der Waals surface area contributed by atoms with E-state index in [-0.39, 0.29) is 6.42 Å². The summed E-state index contributed by atoms with van der Waals surface area (Å²) in [6.07, 6.45) is 7.25. The number of piperidine rings is 1. The van der Waals surface area contributed by atoms with E-state index in [1.807, 2.05) is 19.2 Å². The molecule has 3 saturated heterocycles. The molecule has 44 heavy (non-hydrogen) atoms. The second-order valence-corrected chi connectivity index (χ2v) is 13.9. The third-order valence-corrected chi connectivity index (χ3v) is 10.3. The fourth-order valence-electron chi connectivity index (χ4n) is 7.78. The molecule has 2 atom stereocenters. The number of aliphatic carboxylic acids is 1. The minimum absolute atomic E-state index is 0.0216. The Morgan fingerprint density at radius 3 is 2.45 bits per heavy atom. The van der Waals surface area contributed by atoms with Gasteiger partial charge in [-0.05, 0) is 74.1 Å². The molecule has 4 aliphatic rings. The van der Waals surface area contributed by atoms with Gasteiger partial charge in [0.1, 0.15) is 5.82 Å². The van der Waals surface area contributed by atoms with Crippen molar-refractivity contribution in [2.75, 3.05) is 47.5 Å². The predicted octanol–water partition coefficient (Wildman–Crippen LogP) is 5.34. The van der Waals surface area contributed by atoms with Crippen LogP contribution in [0, 0.1) is 19.3 Å².